The Morgan fingerprint density at radius 3 is 2.59 bits per heavy atom. The topological polar surface area (TPSA) is 64.7 Å². The van der Waals surface area contributed by atoms with Crippen molar-refractivity contribution in [2.45, 2.75) is 76.5 Å². The third-order valence-electron chi connectivity index (χ3n) is 6.16. The van der Waals surface area contributed by atoms with Crippen molar-refractivity contribution in [3.05, 3.63) is 29.3 Å². The Labute approximate surface area is 174 Å². The molecule has 0 aromatic heterocycles. The second kappa shape index (κ2) is 7.98. The van der Waals surface area contributed by atoms with Gasteiger partial charge in [0, 0.05) is 23.2 Å². The molecule has 1 unspecified atom stereocenters. The molecule has 6 heteroatoms. The SMILES string of the molecule is C#CCN(C)C1CCc2ccc(OC(=O)NC3CC(C)(C)N([O])C(C)(C)C3)cc21. The molecule has 157 valence electrons. The van der Waals surface area contributed by atoms with E-state index in [2.05, 4.69) is 16.1 Å². The number of hydroxylamine groups is 2. The number of aryl methyl sites for hydroxylation is 1. The molecule has 6 nitrogen and oxygen atoms in total. The first-order valence-electron chi connectivity index (χ1n) is 10.3. The molecule has 1 atom stereocenters. The van der Waals surface area contributed by atoms with Gasteiger partial charge in [-0.1, -0.05) is 12.0 Å². The predicted octanol–water partition coefficient (Wildman–Crippen LogP) is 3.69. The summed E-state index contributed by atoms with van der Waals surface area (Å²) in [4.78, 5) is 14.7. The molecule has 3 rings (SSSR count). The molecule has 1 amide bonds. The highest BCUT2D eigenvalue weighted by atomic mass is 16.6. The van der Waals surface area contributed by atoms with E-state index in [0.717, 1.165) is 17.9 Å². The van der Waals surface area contributed by atoms with Gasteiger partial charge in [0.2, 0.25) is 0 Å². The number of nitrogens with one attached hydrogen (secondary N) is 1. The lowest BCUT2D eigenvalue weighted by molar-refractivity contribution is -0.289. The average molecular weight is 399 g/mol. The van der Waals surface area contributed by atoms with Gasteiger partial charge in [-0.15, -0.1) is 16.7 Å². The van der Waals surface area contributed by atoms with Crippen LogP contribution in [0.5, 0.6) is 5.75 Å². The maximum absolute atomic E-state index is 12.5. The summed E-state index contributed by atoms with van der Waals surface area (Å²) in [7, 11) is 2.02. The minimum atomic E-state index is -0.540. The van der Waals surface area contributed by atoms with Crippen molar-refractivity contribution in [1.29, 1.82) is 0 Å². The van der Waals surface area contributed by atoms with E-state index < -0.39 is 17.2 Å². The highest BCUT2D eigenvalue weighted by molar-refractivity contribution is 5.71. The van der Waals surface area contributed by atoms with Crippen LogP contribution < -0.4 is 10.1 Å². The highest BCUT2D eigenvalue weighted by Crippen LogP contribution is 2.38. The van der Waals surface area contributed by atoms with Crippen LogP contribution in [0.25, 0.3) is 0 Å². The van der Waals surface area contributed by atoms with Gasteiger partial charge in [0.15, 0.2) is 0 Å². The number of carbonyl (C=O) groups excluding carboxylic acids is 1. The Kier molecular flexibility index (Phi) is 5.96. The van der Waals surface area contributed by atoms with Gasteiger partial charge in [0.05, 0.1) is 6.54 Å². The van der Waals surface area contributed by atoms with Crippen molar-refractivity contribution in [1.82, 2.24) is 15.3 Å². The number of fused-ring (bicyclic) bond motifs is 1. The van der Waals surface area contributed by atoms with Crippen molar-refractivity contribution in [3.63, 3.8) is 0 Å². The number of carbonyl (C=O) groups is 1. The number of hydrogen-bond acceptors (Lipinski definition) is 4. The van der Waals surface area contributed by atoms with Crippen LogP contribution in [0.1, 0.15) is 64.1 Å². The van der Waals surface area contributed by atoms with Gasteiger partial charge in [0.1, 0.15) is 5.75 Å². The van der Waals surface area contributed by atoms with E-state index in [-0.39, 0.29) is 12.1 Å². The van der Waals surface area contributed by atoms with Crippen molar-refractivity contribution < 1.29 is 14.7 Å². The fraction of sp³-hybridized carbons (Fsp3) is 0.609. The van der Waals surface area contributed by atoms with E-state index in [4.69, 9.17) is 11.2 Å². The Balaban J connectivity index is 1.66. The molecule has 1 N–H and O–H groups in total. The summed E-state index contributed by atoms with van der Waals surface area (Å²) in [6, 6.07) is 5.96. The quantitative estimate of drug-likeness (QED) is 0.786. The van der Waals surface area contributed by atoms with Crippen molar-refractivity contribution in [3.8, 4) is 18.1 Å². The van der Waals surface area contributed by atoms with Crippen LogP contribution in [-0.2, 0) is 11.6 Å². The minimum absolute atomic E-state index is 0.110. The molecule has 0 saturated carbocycles. The summed E-state index contributed by atoms with van der Waals surface area (Å²) >= 11 is 0. The minimum Gasteiger partial charge on any atom is -0.410 e. The van der Waals surface area contributed by atoms with Gasteiger partial charge >= 0.3 is 6.09 Å². The van der Waals surface area contributed by atoms with E-state index in [1.54, 1.807) is 0 Å². The van der Waals surface area contributed by atoms with E-state index in [0.29, 0.717) is 25.1 Å². The van der Waals surface area contributed by atoms with Crippen LogP contribution in [0.4, 0.5) is 4.79 Å². The maximum Gasteiger partial charge on any atom is 0.412 e. The van der Waals surface area contributed by atoms with Gasteiger partial charge in [0.25, 0.3) is 0 Å². The number of nitrogens with zero attached hydrogens (tertiary/aromatic N) is 2. The number of rotatable bonds is 4. The van der Waals surface area contributed by atoms with Gasteiger partial charge in [-0.3, -0.25) is 4.90 Å². The van der Waals surface area contributed by atoms with Crippen LogP contribution in [0.15, 0.2) is 18.2 Å². The van der Waals surface area contributed by atoms with Gasteiger partial charge in [-0.2, -0.15) is 0 Å². The number of piperidine rings is 1. The smallest absolute Gasteiger partial charge is 0.410 e. The lowest BCUT2D eigenvalue weighted by Crippen LogP contribution is -2.62. The molecular formula is C23H32N3O3. The van der Waals surface area contributed by atoms with Crippen LogP contribution in [0.2, 0.25) is 0 Å². The molecule has 29 heavy (non-hydrogen) atoms. The Morgan fingerprint density at radius 2 is 1.97 bits per heavy atom. The summed E-state index contributed by atoms with van der Waals surface area (Å²) in [5.74, 6) is 3.22. The van der Waals surface area contributed by atoms with Gasteiger partial charge in [-0.05, 0) is 83.7 Å². The van der Waals surface area contributed by atoms with Crippen LogP contribution in [0.3, 0.4) is 0 Å². The lowest BCUT2D eigenvalue weighted by Gasteiger charge is -2.49. The molecule has 0 bridgehead atoms. The van der Waals surface area contributed by atoms with Crippen LogP contribution >= 0.6 is 0 Å². The summed E-state index contributed by atoms with van der Waals surface area (Å²) in [5, 5.41) is 16.6. The summed E-state index contributed by atoms with van der Waals surface area (Å²) in [5.41, 5.74) is 1.37. The normalized spacial score (nSPS) is 23.4. The summed E-state index contributed by atoms with van der Waals surface area (Å²) in [6.45, 7) is 8.23. The molecule has 2 aliphatic rings. The largest absolute Gasteiger partial charge is 0.412 e. The Bertz CT molecular complexity index is 794. The number of amides is 1. The molecule has 1 fully saturated rings. The maximum atomic E-state index is 12.5. The molecular weight excluding hydrogens is 366 g/mol. The van der Waals surface area contributed by atoms with Crippen molar-refractivity contribution in [2.75, 3.05) is 13.6 Å². The summed E-state index contributed by atoms with van der Waals surface area (Å²) < 4.78 is 5.59. The molecule has 0 spiro atoms. The predicted molar refractivity (Wildman–Crippen MR) is 112 cm³/mol. The third kappa shape index (κ3) is 4.58. The first kappa shape index (κ1) is 21.6. The zero-order chi connectivity index (χ0) is 21.4. The van der Waals surface area contributed by atoms with Crippen molar-refractivity contribution >= 4 is 6.09 Å². The lowest BCUT2D eigenvalue weighted by atomic mass is 9.79. The molecule has 1 saturated heterocycles. The molecule has 1 aromatic rings. The Hall–Kier alpha value is -2.07. The number of ether oxygens (including phenoxy) is 1. The Morgan fingerprint density at radius 1 is 1.31 bits per heavy atom. The fourth-order valence-corrected chi connectivity index (χ4v) is 5.00. The van der Waals surface area contributed by atoms with Crippen LogP contribution in [0, 0.1) is 12.3 Å². The molecule has 1 radical (unpaired) electrons. The first-order valence-corrected chi connectivity index (χ1v) is 10.3. The van der Waals surface area contributed by atoms with E-state index in [1.807, 2.05) is 52.9 Å². The standard InChI is InChI=1S/C23H32N3O3/c1-7-12-25(6)20-11-9-16-8-10-18(13-19(16)20)29-21(27)24-17-14-22(2,3)26(28)23(4,5)15-17/h1,8,10,13,17,20H,9,11-12,14-15H2,2-6H3,(H,24,27). The number of hydrogen-bond donors (Lipinski definition) is 1. The fourth-order valence-electron chi connectivity index (χ4n) is 5.00. The molecule has 1 aliphatic heterocycles. The van der Waals surface area contributed by atoms with E-state index in [1.165, 1.54) is 11.1 Å². The second-order valence-electron chi connectivity index (χ2n) is 9.59. The average Bonchev–Trinajstić information content (AvgIpc) is 3.02. The first-order chi connectivity index (χ1) is 13.5. The third-order valence-corrected chi connectivity index (χ3v) is 6.16. The van der Waals surface area contributed by atoms with Gasteiger partial charge in [-0.25, -0.2) is 4.79 Å². The van der Waals surface area contributed by atoms with Gasteiger partial charge < -0.3 is 10.1 Å². The molecule has 1 aliphatic carbocycles. The molecule has 1 aromatic carbocycles. The zero-order valence-electron chi connectivity index (χ0n) is 18.1. The number of benzene rings is 1. The van der Waals surface area contributed by atoms with Crippen molar-refractivity contribution in [2.24, 2.45) is 0 Å². The summed E-state index contributed by atoms with van der Waals surface area (Å²) in [6.07, 6.45) is 8.15. The zero-order valence-corrected chi connectivity index (χ0v) is 18.1. The highest BCUT2D eigenvalue weighted by Gasteiger charge is 2.46. The van der Waals surface area contributed by atoms with Crippen LogP contribution in [-0.4, -0.2) is 46.8 Å². The monoisotopic (exact) mass is 398 g/mol. The van der Waals surface area contributed by atoms with E-state index in [9.17, 15) is 10.0 Å². The number of terminal acetylenes is 1. The van der Waals surface area contributed by atoms with E-state index >= 15 is 0 Å². The molecule has 1 heterocycles. The second-order valence-corrected chi connectivity index (χ2v) is 9.59.